The Balaban J connectivity index is 2.07. The molecule has 2 aliphatic carbocycles. The summed E-state index contributed by atoms with van der Waals surface area (Å²) in [6.07, 6.45) is 9.08. The van der Waals surface area contributed by atoms with E-state index in [0.29, 0.717) is 11.8 Å². The van der Waals surface area contributed by atoms with Gasteiger partial charge in [0.25, 0.3) is 0 Å². The van der Waals surface area contributed by atoms with Gasteiger partial charge in [-0.15, -0.1) is 0 Å². The van der Waals surface area contributed by atoms with Gasteiger partial charge in [0.2, 0.25) is 0 Å². The zero-order valence-corrected chi connectivity index (χ0v) is 10.2. The molecule has 2 fully saturated rings. The summed E-state index contributed by atoms with van der Waals surface area (Å²) in [6.45, 7) is 3.97. The van der Waals surface area contributed by atoms with Crippen LogP contribution in [-0.4, -0.2) is 13.1 Å². The Morgan fingerprint density at radius 1 is 1.12 bits per heavy atom. The zero-order chi connectivity index (χ0) is 11.5. The summed E-state index contributed by atoms with van der Waals surface area (Å²) in [5.74, 6) is 1.74. The number of carbonyl (C=O) groups excluding carboxylic acids is 1. The van der Waals surface area contributed by atoms with Crippen molar-refractivity contribution >= 4 is 5.97 Å². The van der Waals surface area contributed by atoms with Crippen molar-refractivity contribution in [2.45, 2.75) is 44.9 Å². The SMILES string of the molecule is C=C(C(=O)OC)C1CCCC2CCCCC21. The molecule has 90 valence electrons. The molecule has 3 atom stereocenters. The number of fused-ring (bicyclic) bond motifs is 1. The van der Waals surface area contributed by atoms with Gasteiger partial charge in [0, 0.05) is 5.57 Å². The molecule has 0 radical (unpaired) electrons. The first kappa shape index (κ1) is 11.7. The van der Waals surface area contributed by atoms with Crippen molar-refractivity contribution < 1.29 is 9.53 Å². The lowest BCUT2D eigenvalue weighted by molar-refractivity contribution is -0.137. The Kier molecular flexibility index (Phi) is 3.67. The molecule has 2 rings (SSSR count). The molecular formula is C14H22O2. The van der Waals surface area contributed by atoms with Crippen molar-refractivity contribution in [2.24, 2.45) is 17.8 Å². The van der Waals surface area contributed by atoms with Crippen molar-refractivity contribution in [1.29, 1.82) is 0 Å². The molecule has 2 aliphatic rings. The Bertz CT molecular complexity index is 280. The molecule has 0 N–H and O–H groups in total. The third-order valence-corrected chi connectivity index (χ3v) is 4.47. The van der Waals surface area contributed by atoms with Gasteiger partial charge in [-0.2, -0.15) is 0 Å². The molecule has 2 heteroatoms. The third-order valence-electron chi connectivity index (χ3n) is 4.47. The number of methoxy groups -OCH3 is 1. The van der Waals surface area contributed by atoms with Crippen LogP contribution in [0.25, 0.3) is 0 Å². The van der Waals surface area contributed by atoms with Crippen LogP contribution in [0.15, 0.2) is 12.2 Å². The highest BCUT2D eigenvalue weighted by Crippen LogP contribution is 2.46. The van der Waals surface area contributed by atoms with E-state index in [9.17, 15) is 4.79 Å². The maximum Gasteiger partial charge on any atom is 0.333 e. The fraction of sp³-hybridized carbons (Fsp3) is 0.786. The fourth-order valence-corrected chi connectivity index (χ4v) is 3.65. The van der Waals surface area contributed by atoms with E-state index in [1.165, 1.54) is 45.6 Å². The molecule has 2 saturated carbocycles. The average molecular weight is 222 g/mol. The molecule has 16 heavy (non-hydrogen) atoms. The van der Waals surface area contributed by atoms with Crippen LogP contribution in [0.2, 0.25) is 0 Å². The minimum absolute atomic E-state index is 0.198. The highest BCUT2D eigenvalue weighted by molar-refractivity contribution is 5.88. The Labute approximate surface area is 98.1 Å². The first-order chi connectivity index (χ1) is 7.74. The van der Waals surface area contributed by atoms with Crippen LogP contribution >= 0.6 is 0 Å². The third kappa shape index (κ3) is 2.16. The van der Waals surface area contributed by atoms with Crippen molar-refractivity contribution in [1.82, 2.24) is 0 Å². The smallest absolute Gasteiger partial charge is 0.333 e. The largest absolute Gasteiger partial charge is 0.466 e. The first-order valence-electron chi connectivity index (χ1n) is 6.51. The highest BCUT2D eigenvalue weighted by Gasteiger charge is 2.37. The molecule has 0 aromatic rings. The van der Waals surface area contributed by atoms with Gasteiger partial charge in [0.05, 0.1) is 7.11 Å². The van der Waals surface area contributed by atoms with Crippen LogP contribution in [-0.2, 0) is 9.53 Å². The predicted octanol–water partition coefficient (Wildman–Crippen LogP) is 3.32. The predicted molar refractivity (Wildman–Crippen MR) is 63.9 cm³/mol. The first-order valence-corrected chi connectivity index (χ1v) is 6.51. The molecule has 0 heterocycles. The van der Waals surface area contributed by atoms with Gasteiger partial charge in [-0.1, -0.05) is 38.7 Å². The maximum atomic E-state index is 11.6. The normalized spacial score (nSPS) is 33.9. The van der Waals surface area contributed by atoms with Crippen molar-refractivity contribution in [3.05, 3.63) is 12.2 Å². The van der Waals surface area contributed by atoms with Gasteiger partial charge < -0.3 is 4.74 Å². The lowest BCUT2D eigenvalue weighted by atomic mass is 9.64. The molecule has 0 amide bonds. The summed E-state index contributed by atoms with van der Waals surface area (Å²) in [7, 11) is 1.45. The van der Waals surface area contributed by atoms with Crippen molar-refractivity contribution in [3.8, 4) is 0 Å². The summed E-state index contributed by atoms with van der Waals surface area (Å²) in [6, 6.07) is 0. The van der Waals surface area contributed by atoms with Crippen LogP contribution in [0, 0.1) is 17.8 Å². The van der Waals surface area contributed by atoms with E-state index >= 15 is 0 Å². The Morgan fingerprint density at radius 2 is 1.81 bits per heavy atom. The van der Waals surface area contributed by atoms with Gasteiger partial charge in [0.15, 0.2) is 0 Å². The lowest BCUT2D eigenvalue weighted by Gasteiger charge is -2.41. The van der Waals surface area contributed by atoms with E-state index in [2.05, 4.69) is 6.58 Å². The van der Waals surface area contributed by atoms with E-state index in [-0.39, 0.29) is 5.97 Å². The van der Waals surface area contributed by atoms with Gasteiger partial charge >= 0.3 is 5.97 Å². The Hall–Kier alpha value is -0.790. The monoisotopic (exact) mass is 222 g/mol. The van der Waals surface area contributed by atoms with Crippen molar-refractivity contribution in [2.75, 3.05) is 7.11 Å². The second-order valence-electron chi connectivity index (χ2n) is 5.26. The standard InChI is InChI=1S/C14H22O2/c1-10(14(15)16-2)12-9-5-7-11-6-3-4-8-13(11)12/h11-13H,1,3-9H2,2H3. The van der Waals surface area contributed by atoms with E-state index in [0.717, 1.165) is 17.9 Å². The number of hydrogen-bond acceptors (Lipinski definition) is 2. The molecule has 0 bridgehead atoms. The molecule has 0 aromatic heterocycles. The van der Waals surface area contributed by atoms with Crippen LogP contribution in [0.3, 0.4) is 0 Å². The van der Waals surface area contributed by atoms with Crippen LogP contribution in [0.4, 0.5) is 0 Å². The second kappa shape index (κ2) is 5.03. The summed E-state index contributed by atoms with van der Waals surface area (Å²) >= 11 is 0. The molecule has 0 aromatic carbocycles. The molecular weight excluding hydrogens is 200 g/mol. The topological polar surface area (TPSA) is 26.3 Å². The summed E-state index contributed by atoms with van der Waals surface area (Å²) in [4.78, 5) is 11.6. The van der Waals surface area contributed by atoms with Gasteiger partial charge in [-0.05, 0) is 30.6 Å². The van der Waals surface area contributed by atoms with Crippen molar-refractivity contribution in [3.63, 3.8) is 0 Å². The van der Waals surface area contributed by atoms with E-state index in [1.54, 1.807) is 0 Å². The fourth-order valence-electron chi connectivity index (χ4n) is 3.65. The average Bonchev–Trinajstić information content (AvgIpc) is 2.36. The van der Waals surface area contributed by atoms with Crippen LogP contribution < -0.4 is 0 Å². The molecule has 0 spiro atoms. The molecule has 3 unspecified atom stereocenters. The van der Waals surface area contributed by atoms with Gasteiger partial charge in [-0.25, -0.2) is 4.79 Å². The number of rotatable bonds is 2. The minimum Gasteiger partial charge on any atom is -0.466 e. The summed E-state index contributed by atoms with van der Waals surface area (Å²) < 4.78 is 4.81. The van der Waals surface area contributed by atoms with Gasteiger partial charge in [-0.3, -0.25) is 0 Å². The summed E-state index contributed by atoms with van der Waals surface area (Å²) in [5, 5.41) is 0. The summed E-state index contributed by atoms with van der Waals surface area (Å²) in [5.41, 5.74) is 0.721. The maximum absolute atomic E-state index is 11.6. The molecule has 0 saturated heterocycles. The number of carbonyl (C=O) groups is 1. The Morgan fingerprint density at radius 3 is 2.56 bits per heavy atom. The number of esters is 1. The van der Waals surface area contributed by atoms with Crippen LogP contribution in [0.1, 0.15) is 44.9 Å². The molecule has 2 nitrogen and oxygen atoms in total. The van der Waals surface area contributed by atoms with Gasteiger partial charge in [0.1, 0.15) is 0 Å². The number of ether oxygens (including phenoxy) is 1. The second-order valence-corrected chi connectivity index (χ2v) is 5.26. The van der Waals surface area contributed by atoms with E-state index in [4.69, 9.17) is 4.74 Å². The minimum atomic E-state index is -0.198. The zero-order valence-electron chi connectivity index (χ0n) is 10.2. The van der Waals surface area contributed by atoms with Crippen LogP contribution in [0.5, 0.6) is 0 Å². The number of hydrogen-bond donors (Lipinski definition) is 0. The molecule has 0 aliphatic heterocycles. The highest BCUT2D eigenvalue weighted by atomic mass is 16.5. The lowest BCUT2D eigenvalue weighted by Crippen LogP contribution is -2.33. The van der Waals surface area contributed by atoms with E-state index in [1.807, 2.05) is 0 Å². The quantitative estimate of drug-likeness (QED) is 0.529. The van der Waals surface area contributed by atoms with E-state index < -0.39 is 0 Å².